The molecule has 0 aliphatic heterocycles. The Morgan fingerprint density at radius 2 is 1.71 bits per heavy atom. The van der Waals surface area contributed by atoms with Crippen LogP contribution in [0.3, 0.4) is 0 Å². The summed E-state index contributed by atoms with van der Waals surface area (Å²) in [5, 5.41) is 9.38. The summed E-state index contributed by atoms with van der Waals surface area (Å²) in [7, 11) is 0. The van der Waals surface area contributed by atoms with Gasteiger partial charge in [0.2, 0.25) is 0 Å². The third kappa shape index (κ3) is 5.42. The Kier molecular flexibility index (Phi) is 5.84. The third-order valence-electron chi connectivity index (χ3n) is 2.93. The van der Waals surface area contributed by atoms with Gasteiger partial charge in [0.25, 0.3) is 0 Å². The number of carbonyl (C=O) groups is 2. The number of thioether (sulfide) groups is 1. The molecular weight excluding hydrogens is 288 g/mol. The third-order valence-corrected chi connectivity index (χ3v) is 4.52. The minimum atomic E-state index is -1.53. The van der Waals surface area contributed by atoms with Crippen LogP contribution < -0.4 is 0 Å². The molecule has 1 aromatic rings. The molecule has 0 heterocycles. The zero-order valence-electron chi connectivity index (χ0n) is 12.9. The summed E-state index contributed by atoms with van der Waals surface area (Å²) in [6.45, 7) is 7.45. The number of ether oxygens (including phenoxy) is 1. The van der Waals surface area contributed by atoms with Gasteiger partial charge in [0.15, 0.2) is 5.41 Å². The summed E-state index contributed by atoms with van der Waals surface area (Å²) < 4.78 is 5.07. The van der Waals surface area contributed by atoms with Crippen LogP contribution in [0.5, 0.6) is 0 Å². The van der Waals surface area contributed by atoms with E-state index in [-0.39, 0.29) is 17.1 Å². The maximum absolute atomic E-state index is 12.2. The predicted molar refractivity (Wildman–Crippen MR) is 84.2 cm³/mol. The predicted octanol–water partition coefficient (Wildman–Crippen LogP) is 3.35. The van der Waals surface area contributed by atoms with Crippen molar-refractivity contribution in [3.8, 4) is 0 Å². The quantitative estimate of drug-likeness (QED) is 0.645. The number of carboxylic acids is 1. The molecule has 21 heavy (non-hydrogen) atoms. The number of carboxylic acid groups (broad SMARTS) is 1. The summed E-state index contributed by atoms with van der Waals surface area (Å²) in [5.41, 5.74) is -0.700. The first kappa shape index (κ1) is 17.6. The average molecular weight is 310 g/mol. The van der Waals surface area contributed by atoms with Gasteiger partial charge in [0, 0.05) is 10.5 Å². The molecular formula is C16H22O4S. The van der Waals surface area contributed by atoms with Gasteiger partial charge in [-0.2, -0.15) is 11.8 Å². The van der Waals surface area contributed by atoms with Crippen molar-refractivity contribution in [1.29, 1.82) is 0 Å². The molecule has 5 heteroatoms. The lowest BCUT2D eigenvalue weighted by molar-refractivity contribution is -0.166. The normalized spacial score (nSPS) is 14.3. The van der Waals surface area contributed by atoms with Gasteiger partial charge in [0.05, 0.1) is 0 Å². The topological polar surface area (TPSA) is 63.6 Å². The van der Waals surface area contributed by atoms with E-state index in [1.807, 2.05) is 51.1 Å². The molecule has 0 amide bonds. The number of carbonyl (C=O) groups excluding carboxylic acids is 1. The summed E-state index contributed by atoms with van der Waals surface area (Å²) in [4.78, 5) is 23.7. The van der Waals surface area contributed by atoms with Crippen LogP contribution in [-0.4, -0.2) is 27.5 Å². The average Bonchev–Trinajstić information content (AvgIpc) is 2.42. The molecule has 0 fully saturated rings. The molecule has 0 aliphatic carbocycles. The van der Waals surface area contributed by atoms with E-state index in [1.54, 1.807) is 0 Å². The molecule has 0 radical (unpaired) electrons. The molecule has 0 spiro atoms. The lowest BCUT2D eigenvalue weighted by atomic mass is 9.94. The highest BCUT2D eigenvalue weighted by Crippen LogP contribution is 2.32. The van der Waals surface area contributed by atoms with Crippen molar-refractivity contribution < 1.29 is 19.4 Å². The molecule has 116 valence electrons. The van der Waals surface area contributed by atoms with Gasteiger partial charge >= 0.3 is 11.9 Å². The minimum absolute atomic E-state index is 0.0860. The van der Waals surface area contributed by atoms with Crippen molar-refractivity contribution in [2.45, 2.75) is 39.0 Å². The lowest BCUT2D eigenvalue weighted by Gasteiger charge is -2.26. The second kappa shape index (κ2) is 6.98. The monoisotopic (exact) mass is 310 g/mol. The fourth-order valence-electron chi connectivity index (χ4n) is 1.45. The van der Waals surface area contributed by atoms with E-state index < -0.39 is 17.4 Å². The van der Waals surface area contributed by atoms with Gasteiger partial charge in [-0.3, -0.25) is 9.59 Å². The molecule has 0 saturated heterocycles. The van der Waals surface area contributed by atoms with Crippen molar-refractivity contribution in [1.82, 2.24) is 0 Å². The van der Waals surface area contributed by atoms with E-state index in [0.29, 0.717) is 0 Å². The molecule has 1 unspecified atom stereocenters. The van der Waals surface area contributed by atoms with Crippen molar-refractivity contribution >= 4 is 23.7 Å². The molecule has 1 aromatic carbocycles. The van der Waals surface area contributed by atoms with Crippen molar-refractivity contribution in [3.05, 3.63) is 35.9 Å². The summed E-state index contributed by atoms with van der Waals surface area (Å²) in [5.74, 6) is -1.67. The zero-order valence-corrected chi connectivity index (χ0v) is 13.7. The van der Waals surface area contributed by atoms with E-state index in [4.69, 9.17) is 4.74 Å². The first-order valence-corrected chi connectivity index (χ1v) is 7.72. The molecule has 0 aromatic heterocycles. The van der Waals surface area contributed by atoms with Crippen LogP contribution in [0.2, 0.25) is 0 Å². The number of hydrogen-bond acceptors (Lipinski definition) is 4. The van der Waals surface area contributed by atoms with Crippen LogP contribution in [0, 0.1) is 5.41 Å². The SMILES string of the molecule is CC(C)(C)SCC(C)(C(=O)O)C(=O)OCc1ccccc1. The highest BCUT2D eigenvalue weighted by molar-refractivity contribution is 8.00. The largest absolute Gasteiger partial charge is 0.480 e. The fraction of sp³-hybridized carbons (Fsp3) is 0.500. The molecule has 0 aliphatic rings. The lowest BCUT2D eigenvalue weighted by Crippen LogP contribution is -2.41. The molecule has 1 atom stereocenters. The number of esters is 1. The Morgan fingerprint density at radius 1 is 1.14 bits per heavy atom. The van der Waals surface area contributed by atoms with Crippen LogP contribution >= 0.6 is 11.8 Å². The van der Waals surface area contributed by atoms with Crippen LogP contribution in [-0.2, 0) is 20.9 Å². The fourth-order valence-corrected chi connectivity index (χ4v) is 2.41. The van der Waals surface area contributed by atoms with E-state index in [1.165, 1.54) is 18.7 Å². The zero-order chi connectivity index (χ0) is 16.1. The highest BCUT2D eigenvalue weighted by Gasteiger charge is 2.44. The van der Waals surface area contributed by atoms with Gasteiger partial charge in [-0.1, -0.05) is 51.1 Å². The van der Waals surface area contributed by atoms with E-state index in [9.17, 15) is 14.7 Å². The minimum Gasteiger partial charge on any atom is -0.480 e. The Morgan fingerprint density at radius 3 is 2.19 bits per heavy atom. The smallest absolute Gasteiger partial charge is 0.324 e. The van der Waals surface area contributed by atoms with Crippen LogP contribution in [0.4, 0.5) is 0 Å². The maximum atomic E-state index is 12.2. The molecule has 0 saturated carbocycles. The van der Waals surface area contributed by atoms with Gasteiger partial charge in [-0.15, -0.1) is 0 Å². The van der Waals surface area contributed by atoms with Crippen molar-refractivity contribution in [2.24, 2.45) is 5.41 Å². The Bertz CT molecular complexity index is 493. The maximum Gasteiger partial charge on any atom is 0.324 e. The van der Waals surface area contributed by atoms with Crippen LogP contribution in [0.15, 0.2) is 30.3 Å². The molecule has 1 rings (SSSR count). The van der Waals surface area contributed by atoms with Crippen LogP contribution in [0.25, 0.3) is 0 Å². The second-order valence-electron chi connectivity index (χ2n) is 6.10. The molecule has 0 bridgehead atoms. The number of rotatable bonds is 6. The van der Waals surface area contributed by atoms with Gasteiger partial charge < -0.3 is 9.84 Å². The van der Waals surface area contributed by atoms with Crippen LogP contribution in [0.1, 0.15) is 33.3 Å². The summed E-state index contributed by atoms with van der Waals surface area (Å²) >= 11 is 1.44. The first-order chi connectivity index (χ1) is 9.65. The molecule has 4 nitrogen and oxygen atoms in total. The van der Waals surface area contributed by atoms with E-state index in [2.05, 4.69) is 0 Å². The second-order valence-corrected chi connectivity index (χ2v) is 7.90. The van der Waals surface area contributed by atoms with Crippen molar-refractivity contribution in [3.63, 3.8) is 0 Å². The number of hydrogen-bond donors (Lipinski definition) is 1. The number of aliphatic carboxylic acids is 1. The van der Waals surface area contributed by atoms with Gasteiger partial charge in [0.1, 0.15) is 6.61 Å². The summed E-state index contributed by atoms with van der Waals surface area (Å²) in [6, 6.07) is 9.21. The Labute approximate surface area is 129 Å². The Balaban J connectivity index is 2.71. The van der Waals surface area contributed by atoms with Gasteiger partial charge in [-0.25, -0.2) is 0 Å². The van der Waals surface area contributed by atoms with E-state index >= 15 is 0 Å². The highest BCUT2D eigenvalue weighted by atomic mass is 32.2. The van der Waals surface area contributed by atoms with Crippen molar-refractivity contribution in [2.75, 3.05) is 5.75 Å². The first-order valence-electron chi connectivity index (χ1n) is 6.74. The standard InChI is InChI=1S/C16H22O4S/c1-15(2,3)21-11-16(4,13(17)18)14(19)20-10-12-8-6-5-7-9-12/h5-9H,10-11H2,1-4H3,(H,17,18). The number of benzene rings is 1. The Hall–Kier alpha value is -1.49. The van der Waals surface area contributed by atoms with E-state index in [0.717, 1.165) is 5.56 Å². The molecule has 1 N–H and O–H groups in total. The summed E-state index contributed by atoms with van der Waals surface area (Å²) in [6.07, 6.45) is 0. The van der Waals surface area contributed by atoms with Gasteiger partial charge in [-0.05, 0) is 12.5 Å².